The van der Waals surface area contributed by atoms with Gasteiger partial charge in [-0.3, -0.25) is 0 Å². The molecule has 1 unspecified atom stereocenters. The van der Waals surface area contributed by atoms with Crippen LogP contribution >= 0.6 is 0 Å². The molecule has 21 heavy (non-hydrogen) atoms. The van der Waals surface area contributed by atoms with E-state index in [1.54, 1.807) is 12.3 Å². The summed E-state index contributed by atoms with van der Waals surface area (Å²) < 4.78 is 40.9. The quantitative estimate of drug-likeness (QED) is 0.925. The fraction of sp³-hybridized carbons (Fsp3) is 0.400. The molecule has 0 radical (unpaired) electrons. The first-order valence-electron chi connectivity index (χ1n) is 6.81. The standard InChI is InChI=1S/C15H15F3N2O/c16-15(17,18)13-4-2-1-3-10(13)7-14-19-9-11-8-12(21)5-6-20(11)14/h1-4,9,12,21H,5-8H2. The number of fused-ring (bicyclic) bond motifs is 1. The number of hydrogen-bond donors (Lipinski definition) is 1. The highest BCUT2D eigenvalue weighted by Gasteiger charge is 2.33. The van der Waals surface area contributed by atoms with Crippen LogP contribution in [0, 0.1) is 0 Å². The van der Waals surface area contributed by atoms with E-state index in [4.69, 9.17) is 0 Å². The summed E-state index contributed by atoms with van der Waals surface area (Å²) in [5.74, 6) is 0.619. The number of rotatable bonds is 2. The van der Waals surface area contributed by atoms with Crippen LogP contribution in [0.2, 0.25) is 0 Å². The second-order valence-electron chi connectivity index (χ2n) is 5.30. The van der Waals surface area contributed by atoms with Crippen molar-refractivity contribution in [2.45, 2.75) is 38.1 Å². The Kier molecular flexibility index (Phi) is 3.49. The number of nitrogens with zero attached hydrogens (tertiary/aromatic N) is 2. The normalized spacial score (nSPS) is 18.6. The summed E-state index contributed by atoms with van der Waals surface area (Å²) in [4.78, 5) is 4.24. The third-order valence-electron chi connectivity index (χ3n) is 3.82. The summed E-state index contributed by atoms with van der Waals surface area (Å²) in [6.07, 6.45) is -1.83. The van der Waals surface area contributed by atoms with Crippen molar-refractivity contribution in [3.05, 3.63) is 53.1 Å². The molecule has 3 rings (SSSR count). The van der Waals surface area contributed by atoms with E-state index in [0.29, 0.717) is 25.2 Å². The van der Waals surface area contributed by atoms with Gasteiger partial charge < -0.3 is 9.67 Å². The Morgan fingerprint density at radius 3 is 2.81 bits per heavy atom. The van der Waals surface area contributed by atoms with Crippen molar-refractivity contribution < 1.29 is 18.3 Å². The van der Waals surface area contributed by atoms with Crippen LogP contribution in [0.25, 0.3) is 0 Å². The van der Waals surface area contributed by atoms with E-state index in [1.807, 2.05) is 4.57 Å². The topological polar surface area (TPSA) is 38.0 Å². The first-order chi connectivity index (χ1) is 9.95. The Morgan fingerprint density at radius 1 is 1.29 bits per heavy atom. The zero-order chi connectivity index (χ0) is 15.0. The van der Waals surface area contributed by atoms with Gasteiger partial charge in [0.05, 0.1) is 11.7 Å². The highest BCUT2D eigenvalue weighted by Crippen LogP contribution is 2.33. The van der Waals surface area contributed by atoms with Crippen LogP contribution in [0.1, 0.15) is 29.1 Å². The van der Waals surface area contributed by atoms with Gasteiger partial charge in [-0.1, -0.05) is 18.2 Å². The molecule has 1 aromatic heterocycles. The molecule has 0 fully saturated rings. The van der Waals surface area contributed by atoms with Crippen LogP contribution in [-0.2, 0) is 25.6 Å². The van der Waals surface area contributed by atoms with Crippen LogP contribution in [0.4, 0.5) is 13.2 Å². The molecule has 2 heterocycles. The van der Waals surface area contributed by atoms with Crippen LogP contribution < -0.4 is 0 Å². The maximum Gasteiger partial charge on any atom is 0.416 e. The lowest BCUT2D eigenvalue weighted by Gasteiger charge is -2.21. The zero-order valence-corrected chi connectivity index (χ0v) is 11.3. The van der Waals surface area contributed by atoms with Gasteiger partial charge in [-0.2, -0.15) is 13.2 Å². The predicted molar refractivity (Wildman–Crippen MR) is 70.8 cm³/mol. The first kappa shape index (κ1) is 14.1. The molecule has 6 heteroatoms. The Labute approximate surface area is 120 Å². The van der Waals surface area contributed by atoms with Crippen molar-refractivity contribution in [3.8, 4) is 0 Å². The molecule has 0 amide bonds. The van der Waals surface area contributed by atoms with E-state index in [1.165, 1.54) is 12.1 Å². The number of hydrogen-bond acceptors (Lipinski definition) is 2. The summed E-state index contributed by atoms with van der Waals surface area (Å²) in [5.41, 5.74) is 0.496. The fourth-order valence-corrected chi connectivity index (χ4v) is 2.77. The highest BCUT2D eigenvalue weighted by molar-refractivity contribution is 5.32. The number of imidazole rings is 1. The van der Waals surface area contributed by atoms with Crippen molar-refractivity contribution in [1.82, 2.24) is 9.55 Å². The van der Waals surface area contributed by atoms with E-state index in [2.05, 4.69) is 4.98 Å². The van der Waals surface area contributed by atoms with Crippen molar-refractivity contribution in [3.63, 3.8) is 0 Å². The van der Waals surface area contributed by atoms with Gasteiger partial charge in [-0.05, 0) is 18.1 Å². The average Bonchev–Trinajstić information content (AvgIpc) is 2.80. The third kappa shape index (κ3) is 2.81. The van der Waals surface area contributed by atoms with Gasteiger partial charge in [0.25, 0.3) is 0 Å². The molecule has 3 nitrogen and oxygen atoms in total. The van der Waals surface area contributed by atoms with Gasteiger partial charge in [0.2, 0.25) is 0 Å². The zero-order valence-electron chi connectivity index (χ0n) is 11.3. The lowest BCUT2D eigenvalue weighted by Crippen LogP contribution is -2.24. The number of halogens is 3. The van der Waals surface area contributed by atoms with E-state index < -0.39 is 11.7 Å². The summed E-state index contributed by atoms with van der Waals surface area (Å²) >= 11 is 0. The fourth-order valence-electron chi connectivity index (χ4n) is 2.77. The summed E-state index contributed by atoms with van der Waals surface area (Å²) in [5, 5.41) is 9.62. The van der Waals surface area contributed by atoms with Gasteiger partial charge in [0.1, 0.15) is 5.82 Å². The first-order valence-corrected chi connectivity index (χ1v) is 6.81. The summed E-state index contributed by atoms with van der Waals surface area (Å²) in [6, 6.07) is 5.58. The monoisotopic (exact) mass is 296 g/mol. The molecule has 0 saturated heterocycles. The molecular formula is C15H15F3N2O. The van der Waals surface area contributed by atoms with Crippen molar-refractivity contribution in [2.24, 2.45) is 0 Å². The minimum Gasteiger partial charge on any atom is -0.393 e. The molecule has 1 aliphatic heterocycles. The minimum atomic E-state index is -4.36. The Balaban J connectivity index is 1.92. The molecule has 1 atom stereocenters. The lowest BCUT2D eigenvalue weighted by molar-refractivity contribution is -0.138. The van der Waals surface area contributed by atoms with Crippen LogP contribution in [0.5, 0.6) is 0 Å². The molecule has 112 valence electrons. The molecule has 1 N–H and O–H groups in total. The van der Waals surface area contributed by atoms with Gasteiger partial charge in [-0.15, -0.1) is 0 Å². The van der Waals surface area contributed by atoms with Crippen molar-refractivity contribution >= 4 is 0 Å². The SMILES string of the molecule is OC1CCn2c(cnc2Cc2ccccc2C(F)(F)F)C1. The number of alkyl halides is 3. The van der Waals surface area contributed by atoms with Gasteiger partial charge in [-0.25, -0.2) is 4.98 Å². The van der Waals surface area contributed by atoms with E-state index >= 15 is 0 Å². The highest BCUT2D eigenvalue weighted by atomic mass is 19.4. The summed E-state index contributed by atoms with van der Waals surface area (Å²) in [7, 11) is 0. The Bertz CT molecular complexity index is 649. The maximum atomic E-state index is 13.0. The smallest absolute Gasteiger partial charge is 0.393 e. The number of benzene rings is 1. The summed E-state index contributed by atoms with van der Waals surface area (Å²) in [6.45, 7) is 0.597. The molecule has 1 aromatic carbocycles. The number of aromatic nitrogens is 2. The number of aliphatic hydroxyl groups excluding tert-OH is 1. The van der Waals surface area contributed by atoms with Gasteiger partial charge in [0.15, 0.2) is 0 Å². The second kappa shape index (κ2) is 5.18. The third-order valence-corrected chi connectivity index (χ3v) is 3.82. The van der Waals surface area contributed by atoms with Crippen molar-refractivity contribution in [1.29, 1.82) is 0 Å². The molecule has 2 aromatic rings. The number of aliphatic hydroxyl groups is 1. The molecule has 0 spiro atoms. The van der Waals surface area contributed by atoms with Gasteiger partial charge >= 0.3 is 6.18 Å². The predicted octanol–water partition coefficient (Wildman–Crippen LogP) is 2.80. The Hall–Kier alpha value is -1.82. The van der Waals surface area contributed by atoms with E-state index in [0.717, 1.165) is 11.8 Å². The molecular weight excluding hydrogens is 281 g/mol. The van der Waals surface area contributed by atoms with E-state index in [-0.39, 0.29) is 18.1 Å². The largest absolute Gasteiger partial charge is 0.416 e. The molecule has 0 bridgehead atoms. The molecule has 0 saturated carbocycles. The van der Waals surface area contributed by atoms with Crippen LogP contribution in [-0.4, -0.2) is 20.8 Å². The lowest BCUT2D eigenvalue weighted by atomic mass is 10.0. The van der Waals surface area contributed by atoms with Crippen LogP contribution in [0.3, 0.4) is 0 Å². The van der Waals surface area contributed by atoms with Crippen LogP contribution in [0.15, 0.2) is 30.5 Å². The molecule has 1 aliphatic rings. The minimum absolute atomic E-state index is 0.145. The van der Waals surface area contributed by atoms with E-state index in [9.17, 15) is 18.3 Å². The Morgan fingerprint density at radius 2 is 2.05 bits per heavy atom. The van der Waals surface area contributed by atoms with Gasteiger partial charge in [0, 0.05) is 31.3 Å². The molecule has 0 aliphatic carbocycles. The maximum absolute atomic E-state index is 13.0. The van der Waals surface area contributed by atoms with Crippen molar-refractivity contribution in [2.75, 3.05) is 0 Å². The second-order valence-corrected chi connectivity index (χ2v) is 5.30. The average molecular weight is 296 g/mol.